The van der Waals surface area contributed by atoms with Crippen LogP contribution in [0.5, 0.6) is 5.88 Å². The van der Waals surface area contributed by atoms with E-state index in [-0.39, 0.29) is 6.61 Å². The van der Waals surface area contributed by atoms with E-state index in [1.807, 2.05) is 12.1 Å². The molecule has 1 aromatic heterocycles. The van der Waals surface area contributed by atoms with E-state index in [2.05, 4.69) is 4.98 Å². The summed E-state index contributed by atoms with van der Waals surface area (Å²) in [5, 5.41) is 10.2. The van der Waals surface area contributed by atoms with Crippen molar-refractivity contribution >= 4 is 23.2 Å². The smallest absolute Gasteiger partial charge is 0.213 e. The summed E-state index contributed by atoms with van der Waals surface area (Å²) in [6, 6.07) is 8.98. The van der Waals surface area contributed by atoms with Gasteiger partial charge in [-0.1, -0.05) is 35.3 Å². The van der Waals surface area contributed by atoms with Crippen LogP contribution in [0.1, 0.15) is 11.1 Å². The Bertz CT molecular complexity index is 529. The van der Waals surface area contributed by atoms with Gasteiger partial charge < -0.3 is 9.84 Å². The van der Waals surface area contributed by atoms with Crippen molar-refractivity contribution in [2.24, 2.45) is 0 Å². The van der Waals surface area contributed by atoms with Gasteiger partial charge in [0.1, 0.15) is 6.61 Å². The summed E-state index contributed by atoms with van der Waals surface area (Å²) in [6.45, 7) is 0.245. The number of nitrogens with zero attached hydrogens (tertiary/aromatic N) is 1. The van der Waals surface area contributed by atoms with Gasteiger partial charge in [0.2, 0.25) is 5.88 Å². The molecule has 94 valence electrons. The van der Waals surface area contributed by atoms with Gasteiger partial charge in [0.05, 0.1) is 11.6 Å². The van der Waals surface area contributed by atoms with Crippen LogP contribution in [0.4, 0.5) is 0 Å². The number of hydrogen-bond acceptors (Lipinski definition) is 3. The molecule has 0 atom stereocenters. The zero-order valence-electron chi connectivity index (χ0n) is 9.44. The molecule has 2 rings (SSSR count). The first-order valence-corrected chi connectivity index (χ1v) is 6.07. The highest BCUT2D eigenvalue weighted by atomic mass is 35.5. The Morgan fingerprint density at radius 3 is 2.56 bits per heavy atom. The molecule has 18 heavy (non-hydrogen) atoms. The number of halogens is 2. The van der Waals surface area contributed by atoms with Crippen LogP contribution in [0.2, 0.25) is 10.0 Å². The zero-order chi connectivity index (χ0) is 13.0. The van der Waals surface area contributed by atoms with Crippen molar-refractivity contribution in [2.45, 2.75) is 13.2 Å². The van der Waals surface area contributed by atoms with Crippen LogP contribution < -0.4 is 4.74 Å². The summed E-state index contributed by atoms with van der Waals surface area (Å²) in [7, 11) is 0. The average molecular weight is 284 g/mol. The van der Waals surface area contributed by atoms with E-state index in [1.54, 1.807) is 18.2 Å². The molecule has 0 bridgehead atoms. The van der Waals surface area contributed by atoms with E-state index in [0.717, 1.165) is 5.56 Å². The van der Waals surface area contributed by atoms with Crippen LogP contribution in [0, 0.1) is 0 Å². The monoisotopic (exact) mass is 283 g/mol. The van der Waals surface area contributed by atoms with Gasteiger partial charge in [0, 0.05) is 22.8 Å². The van der Waals surface area contributed by atoms with Crippen LogP contribution in [0.3, 0.4) is 0 Å². The summed E-state index contributed by atoms with van der Waals surface area (Å²) in [6.07, 6.45) is 1.46. The molecule has 2 aromatic rings. The predicted octanol–water partition coefficient (Wildman–Crippen LogP) is 3.46. The highest BCUT2D eigenvalue weighted by molar-refractivity contribution is 6.31. The molecule has 0 unspecified atom stereocenters. The topological polar surface area (TPSA) is 42.4 Å². The maximum atomic E-state index is 9.08. The summed E-state index contributed by atoms with van der Waals surface area (Å²) in [4.78, 5) is 4.03. The third-order valence-electron chi connectivity index (χ3n) is 2.38. The van der Waals surface area contributed by atoms with Crippen LogP contribution in [-0.4, -0.2) is 10.1 Å². The molecule has 0 fully saturated rings. The number of aliphatic hydroxyl groups is 1. The number of pyridine rings is 1. The van der Waals surface area contributed by atoms with Gasteiger partial charge >= 0.3 is 0 Å². The van der Waals surface area contributed by atoms with E-state index in [9.17, 15) is 0 Å². The Labute approximate surface area is 115 Å². The molecule has 0 aliphatic carbocycles. The van der Waals surface area contributed by atoms with E-state index >= 15 is 0 Å². The second-order valence-corrected chi connectivity index (χ2v) is 4.53. The second kappa shape index (κ2) is 6.05. The van der Waals surface area contributed by atoms with Crippen molar-refractivity contribution in [1.82, 2.24) is 4.98 Å². The highest BCUT2D eigenvalue weighted by Gasteiger charge is 2.03. The first-order chi connectivity index (χ1) is 8.69. The van der Waals surface area contributed by atoms with Crippen molar-refractivity contribution in [1.29, 1.82) is 0 Å². The lowest BCUT2D eigenvalue weighted by Gasteiger charge is -2.07. The van der Waals surface area contributed by atoms with E-state index < -0.39 is 0 Å². The predicted molar refractivity (Wildman–Crippen MR) is 71.0 cm³/mol. The molecule has 0 aliphatic rings. The van der Waals surface area contributed by atoms with Crippen molar-refractivity contribution in [3.63, 3.8) is 0 Å². The fraction of sp³-hybridized carbons (Fsp3) is 0.154. The normalized spacial score (nSPS) is 10.4. The lowest BCUT2D eigenvalue weighted by molar-refractivity contribution is 0.275. The number of benzene rings is 1. The zero-order valence-corrected chi connectivity index (χ0v) is 10.9. The molecule has 1 N–H and O–H groups in total. The molecular weight excluding hydrogens is 273 g/mol. The summed E-state index contributed by atoms with van der Waals surface area (Å²) < 4.78 is 5.51. The highest BCUT2D eigenvalue weighted by Crippen LogP contribution is 2.20. The number of aromatic nitrogens is 1. The quantitative estimate of drug-likeness (QED) is 0.934. The average Bonchev–Trinajstić information content (AvgIpc) is 2.39. The van der Waals surface area contributed by atoms with Gasteiger partial charge in [-0.3, -0.25) is 0 Å². The van der Waals surface area contributed by atoms with E-state index in [4.69, 9.17) is 33.0 Å². The Morgan fingerprint density at radius 1 is 1.17 bits per heavy atom. The minimum absolute atomic E-state index is 0.140. The van der Waals surface area contributed by atoms with Gasteiger partial charge in [-0.25, -0.2) is 4.98 Å². The molecule has 0 amide bonds. The Kier molecular flexibility index (Phi) is 4.42. The summed E-state index contributed by atoms with van der Waals surface area (Å²) in [5.41, 5.74) is 1.58. The third-order valence-corrected chi connectivity index (χ3v) is 2.97. The molecule has 0 saturated heterocycles. The van der Waals surface area contributed by atoms with Gasteiger partial charge in [0.25, 0.3) is 0 Å². The van der Waals surface area contributed by atoms with Gasteiger partial charge in [-0.05, 0) is 17.7 Å². The minimum Gasteiger partial charge on any atom is -0.473 e. The number of hydrogen-bond donors (Lipinski definition) is 1. The molecule has 1 aromatic carbocycles. The number of aliphatic hydroxyl groups excluding tert-OH is 1. The number of ether oxygens (including phenoxy) is 1. The Balaban J connectivity index is 2.04. The van der Waals surface area contributed by atoms with E-state index in [0.29, 0.717) is 28.1 Å². The summed E-state index contributed by atoms with van der Waals surface area (Å²) >= 11 is 11.6. The Morgan fingerprint density at radius 2 is 1.89 bits per heavy atom. The standard InChI is InChI=1S/C13H11Cl2NO2/c14-11-3-1-9(2-4-11)8-18-13-5-10(7-17)12(15)6-16-13/h1-6,17H,7-8H2. The molecule has 1 heterocycles. The lowest BCUT2D eigenvalue weighted by atomic mass is 10.2. The third kappa shape index (κ3) is 3.35. The summed E-state index contributed by atoms with van der Waals surface area (Å²) in [5.74, 6) is 0.429. The minimum atomic E-state index is -0.140. The van der Waals surface area contributed by atoms with Crippen LogP contribution in [0.25, 0.3) is 0 Å². The van der Waals surface area contributed by atoms with Crippen molar-refractivity contribution < 1.29 is 9.84 Å². The maximum absolute atomic E-state index is 9.08. The molecule has 3 nitrogen and oxygen atoms in total. The molecule has 0 aliphatic heterocycles. The van der Waals surface area contributed by atoms with Gasteiger partial charge in [-0.15, -0.1) is 0 Å². The van der Waals surface area contributed by atoms with Crippen LogP contribution >= 0.6 is 23.2 Å². The van der Waals surface area contributed by atoms with Gasteiger partial charge in [0.15, 0.2) is 0 Å². The first kappa shape index (κ1) is 13.1. The molecule has 0 spiro atoms. The largest absolute Gasteiger partial charge is 0.473 e. The van der Waals surface area contributed by atoms with E-state index in [1.165, 1.54) is 6.20 Å². The fourth-order valence-corrected chi connectivity index (χ4v) is 1.69. The molecular formula is C13H11Cl2NO2. The molecule has 0 saturated carbocycles. The Hall–Kier alpha value is -1.29. The maximum Gasteiger partial charge on any atom is 0.213 e. The number of rotatable bonds is 4. The van der Waals surface area contributed by atoms with Crippen molar-refractivity contribution in [2.75, 3.05) is 0 Å². The molecule has 0 radical (unpaired) electrons. The second-order valence-electron chi connectivity index (χ2n) is 3.69. The fourth-order valence-electron chi connectivity index (χ4n) is 1.40. The molecule has 5 heteroatoms. The van der Waals surface area contributed by atoms with Crippen LogP contribution in [-0.2, 0) is 13.2 Å². The van der Waals surface area contributed by atoms with Crippen molar-refractivity contribution in [3.8, 4) is 5.88 Å². The lowest BCUT2D eigenvalue weighted by Crippen LogP contribution is -1.98. The van der Waals surface area contributed by atoms with Crippen LogP contribution in [0.15, 0.2) is 36.5 Å². The first-order valence-electron chi connectivity index (χ1n) is 5.31. The van der Waals surface area contributed by atoms with Gasteiger partial charge in [-0.2, -0.15) is 0 Å². The SMILES string of the molecule is OCc1cc(OCc2ccc(Cl)cc2)ncc1Cl. The van der Waals surface area contributed by atoms with Crippen molar-refractivity contribution in [3.05, 3.63) is 57.7 Å².